The first kappa shape index (κ1) is 10.9. The zero-order valence-corrected chi connectivity index (χ0v) is 7.24. The van der Waals surface area contributed by atoms with Crippen molar-refractivity contribution in [3.05, 3.63) is 0 Å². The average molecular weight is 175 g/mol. The fourth-order valence-electron chi connectivity index (χ4n) is 0.512. The minimum atomic E-state index is -1.07. The lowest BCUT2D eigenvalue weighted by Gasteiger charge is -2.13. The molecule has 0 atom stereocenters. The molecule has 5 nitrogen and oxygen atoms in total. The van der Waals surface area contributed by atoms with Gasteiger partial charge in [-0.25, -0.2) is 4.79 Å². The molecule has 0 aromatic carbocycles. The van der Waals surface area contributed by atoms with E-state index in [4.69, 9.17) is 5.11 Å². The van der Waals surface area contributed by atoms with Crippen LogP contribution in [0, 0.1) is 0 Å². The largest absolute Gasteiger partial charge is 0.480 e. The quantitative estimate of drug-likeness (QED) is 0.615. The lowest BCUT2D eigenvalue weighted by atomic mass is 10.5. The summed E-state index contributed by atoms with van der Waals surface area (Å²) in [4.78, 5) is 22.4. The number of nitrogens with zero attached hydrogens (tertiary/aromatic N) is 1. The van der Waals surface area contributed by atoms with E-state index in [2.05, 4.69) is 4.74 Å². The number of likely N-dealkylation sites (N-methyl/N-ethyl adjacent to an activating group) is 1. The van der Waals surface area contributed by atoms with Crippen molar-refractivity contribution in [2.24, 2.45) is 0 Å². The van der Waals surface area contributed by atoms with Crippen LogP contribution < -0.4 is 0 Å². The minimum Gasteiger partial charge on any atom is -0.480 e. The lowest BCUT2D eigenvalue weighted by molar-refractivity contribution is -0.145. The number of carbonyl (C=O) groups is 2. The van der Waals surface area contributed by atoms with Gasteiger partial charge in [0.2, 0.25) is 5.91 Å². The van der Waals surface area contributed by atoms with Gasteiger partial charge in [-0.2, -0.15) is 0 Å². The molecule has 0 aliphatic heterocycles. The molecular formula is C7H13NO4. The molecule has 0 rings (SSSR count). The van der Waals surface area contributed by atoms with Gasteiger partial charge >= 0.3 is 5.97 Å². The lowest BCUT2D eigenvalue weighted by Crippen LogP contribution is -2.30. The summed E-state index contributed by atoms with van der Waals surface area (Å²) in [5.74, 6) is -1.28. The van der Waals surface area contributed by atoms with Gasteiger partial charge in [0, 0.05) is 13.6 Å². The molecule has 5 heteroatoms. The monoisotopic (exact) mass is 175 g/mol. The number of aliphatic carboxylic acids is 1. The summed E-state index contributed by atoms with van der Waals surface area (Å²) in [5, 5.41) is 8.17. The van der Waals surface area contributed by atoms with Crippen molar-refractivity contribution in [2.45, 2.75) is 6.92 Å². The molecule has 0 fully saturated rings. The molecule has 1 N–H and O–H groups in total. The molecule has 0 heterocycles. The molecule has 0 aromatic heterocycles. The Balaban J connectivity index is 3.50. The van der Waals surface area contributed by atoms with Crippen molar-refractivity contribution in [2.75, 3.05) is 26.8 Å². The Morgan fingerprint density at radius 2 is 2.00 bits per heavy atom. The third kappa shape index (κ3) is 4.68. The van der Waals surface area contributed by atoms with Gasteiger partial charge in [0.15, 0.2) is 0 Å². The first-order valence-electron chi connectivity index (χ1n) is 3.61. The van der Waals surface area contributed by atoms with Crippen molar-refractivity contribution in [1.82, 2.24) is 4.90 Å². The third-order valence-corrected chi connectivity index (χ3v) is 1.35. The van der Waals surface area contributed by atoms with Crippen LogP contribution in [0.4, 0.5) is 0 Å². The normalized spacial score (nSPS) is 9.50. The van der Waals surface area contributed by atoms with Crippen LogP contribution >= 0.6 is 0 Å². The number of rotatable bonds is 5. The summed E-state index contributed by atoms with van der Waals surface area (Å²) in [7, 11) is 1.63. The SMILES string of the molecule is CCN(C)C(=O)COCC(=O)O. The van der Waals surface area contributed by atoms with E-state index in [-0.39, 0.29) is 12.5 Å². The van der Waals surface area contributed by atoms with E-state index in [1.54, 1.807) is 7.05 Å². The number of carboxylic acid groups (broad SMARTS) is 1. The highest BCUT2D eigenvalue weighted by molar-refractivity contribution is 5.77. The van der Waals surface area contributed by atoms with Gasteiger partial charge < -0.3 is 14.7 Å². The number of amides is 1. The first-order valence-corrected chi connectivity index (χ1v) is 3.61. The third-order valence-electron chi connectivity index (χ3n) is 1.35. The van der Waals surface area contributed by atoms with Gasteiger partial charge in [0.25, 0.3) is 0 Å². The van der Waals surface area contributed by atoms with E-state index in [0.717, 1.165) is 0 Å². The molecule has 12 heavy (non-hydrogen) atoms. The van der Waals surface area contributed by atoms with Crippen molar-refractivity contribution >= 4 is 11.9 Å². The van der Waals surface area contributed by atoms with Crippen LogP contribution in [0.15, 0.2) is 0 Å². The molecule has 0 saturated carbocycles. The van der Waals surface area contributed by atoms with Gasteiger partial charge in [-0.3, -0.25) is 4.79 Å². The highest BCUT2D eigenvalue weighted by Gasteiger charge is 2.06. The maximum atomic E-state index is 11.0. The van der Waals surface area contributed by atoms with E-state index in [9.17, 15) is 9.59 Å². The van der Waals surface area contributed by atoms with Crippen molar-refractivity contribution in [1.29, 1.82) is 0 Å². The van der Waals surface area contributed by atoms with Crippen LogP contribution in [-0.4, -0.2) is 48.7 Å². The van der Waals surface area contributed by atoms with Crippen LogP contribution in [-0.2, 0) is 14.3 Å². The summed E-state index contributed by atoms with van der Waals surface area (Å²) in [6.07, 6.45) is 0. The molecule has 0 spiro atoms. The average Bonchev–Trinajstić information content (AvgIpc) is 2.02. The summed E-state index contributed by atoms with van der Waals surface area (Å²) in [5.41, 5.74) is 0. The van der Waals surface area contributed by atoms with Crippen molar-refractivity contribution in [3.8, 4) is 0 Å². The molecule has 70 valence electrons. The second-order valence-corrected chi connectivity index (χ2v) is 2.29. The Hall–Kier alpha value is -1.10. The van der Waals surface area contributed by atoms with Gasteiger partial charge in [0.05, 0.1) is 0 Å². The molecule has 0 aliphatic rings. The van der Waals surface area contributed by atoms with Crippen molar-refractivity contribution in [3.63, 3.8) is 0 Å². The maximum absolute atomic E-state index is 11.0. The van der Waals surface area contributed by atoms with Crippen LogP contribution in [0.25, 0.3) is 0 Å². The van der Waals surface area contributed by atoms with Crippen LogP contribution in [0.3, 0.4) is 0 Å². The number of hydrogen-bond acceptors (Lipinski definition) is 3. The molecule has 0 aromatic rings. The van der Waals surface area contributed by atoms with E-state index in [1.165, 1.54) is 4.90 Å². The minimum absolute atomic E-state index is 0.170. The zero-order valence-electron chi connectivity index (χ0n) is 7.24. The molecule has 0 bridgehead atoms. The predicted octanol–water partition coefficient (Wildman–Crippen LogP) is -0.434. The Morgan fingerprint density at radius 1 is 1.42 bits per heavy atom. The number of carboxylic acids is 1. The molecule has 1 amide bonds. The highest BCUT2D eigenvalue weighted by atomic mass is 16.5. The van der Waals surface area contributed by atoms with Gasteiger partial charge in [-0.1, -0.05) is 0 Å². The molecule has 0 unspecified atom stereocenters. The Labute approximate surface area is 70.9 Å². The molecule has 0 radical (unpaired) electrons. The number of carbonyl (C=O) groups excluding carboxylic acids is 1. The Morgan fingerprint density at radius 3 is 2.42 bits per heavy atom. The van der Waals surface area contributed by atoms with E-state index in [0.29, 0.717) is 6.54 Å². The van der Waals surface area contributed by atoms with Gasteiger partial charge in [-0.05, 0) is 6.92 Å². The molecule has 0 saturated heterocycles. The van der Waals surface area contributed by atoms with Gasteiger partial charge in [0.1, 0.15) is 13.2 Å². The second kappa shape index (κ2) is 5.54. The fourth-order valence-corrected chi connectivity index (χ4v) is 0.512. The summed E-state index contributed by atoms with van der Waals surface area (Å²) in [6, 6.07) is 0. The van der Waals surface area contributed by atoms with E-state index < -0.39 is 12.6 Å². The molecular weight excluding hydrogens is 162 g/mol. The number of hydrogen-bond donors (Lipinski definition) is 1. The van der Waals surface area contributed by atoms with Crippen LogP contribution in [0.2, 0.25) is 0 Å². The number of ether oxygens (including phenoxy) is 1. The zero-order chi connectivity index (χ0) is 9.56. The highest BCUT2D eigenvalue weighted by Crippen LogP contribution is 1.85. The predicted molar refractivity (Wildman–Crippen MR) is 41.8 cm³/mol. The fraction of sp³-hybridized carbons (Fsp3) is 0.714. The second-order valence-electron chi connectivity index (χ2n) is 2.29. The van der Waals surface area contributed by atoms with Crippen molar-refractivity contribution < 1.29 is 19.4 Å². The van der Waals surface area contributed by atoms with Crippen LogP contribution in [0.1, 0.15) is 6.92 Å². The maximum Gasteiger partial charge on any atom is 0.329 e. The topological polar surface area (TPSA) is 66.8 Å². The van der Waals surface area contributed by atoms with E-state index >= 15 is 0 Å². The Kier molecular flexibility index (Phi) is 5.03. The summed E-state index contributed by atoms with van der Waals surface area (Å²) in [6.45, 7) is 1.82. The molecule has 0 aliphatic carbocycles. The van der Waals surface area contributed by atoms with Crippen LogP contribution in [0.5, 0.6) is 0 Å². The smallest absolute Gasteiger partial charge is 0.329 e. The van der Waals surface area contributed by atoms with E-state index in [1.807, 2.05) is 6.92 Å². The Bertz CT molecular complexity index is 169. The first-order chi connectivity index (χ1) is 5.57. The van der Waals surface area contributed by atoms with Gasteiger partial charge in [-0.15, -0.1) is 0 Å². The summed E-state index contributed by atoms with van der Waals surface area (Å²) >= 11 is 0. The summed E-state index contributed by atoms with van der Waals surface area (Å²) < 4.78 is 4.59. The standard InChI is InChI=1S/C7H13NO4/c1-3-8(2)6(9)4-12-5-7(10)11/h3-5H2,1-2H3,(H,10,11).